The summed E-state index contributed by atoms with van der Waals surface area (Å²) in [6.45, 7) is 4.73. The summed E-state index contributed by atoms with van der Waals surface area (Å²) < 4.78 is 26.2. The monoisotopic (exact) mass is 372 g/mol. The van der Waals surface area contributed by atoms with Gasteiger partial charge in [-0.25, -0.2) is 8.42 Å². The fraction of sp³-hybridized carbons (Fsp3) is 0.350. The van der Waals surface area contributed by atoms with Crippen molar-refractivity contribution in [1.29, 1.82) is 0 Å². The highest BCUT2D eigenvalue weighted by atomic mass is 32.2. The van der Waals surface area contributed by atoms with Crippen LogP contribution in [0.5, 0.6) is 0 Å². The lowest BCUT2D eigenvalue weighted by Gasteiger charge is -2.28. The number of nitrogens with one attached hydrogen (secondary N) is 1. The average molecular weight is 372 g/mol. The zero-order valence-corrected chi connectivity index (χ0v) is 16.0. The van der Waals surface area contributed by atoms with E-state index in [1.54, 1.807) is 16.4 Å². The molecule has 2 aromatic carbocycles. The Balaban J connectivity index is 1.76. The lowest BCUT2D eigenvalue weighted by molar-refractivity contribution is 0.102. The largest absolute Gasteiger partial charge is 0.322 e. The van der Waals surface area contributed by atoms with Crippen molar-refractivity contribution in [1.82, 2.24) is 4.31 Å². The first-order chi connectivity index (χ1) is 12.4. The van der Waals surface area contributed by atoms with Crippen LogP contribution in [0.2, 0.25) is 0 Å². The van der Waals surface area contributed by atoms with Crippen LogP contribution in [0.25, 0.3) is 0 Å². The molecule has 1 N–H and O–H groups in total. The summed E-state index contributed by atoms with van der Waals surface area (Å²) in [5, 5.41) is 2.90. The minimum absolute atomic E-state index is 0.170. The van der Waals surface area contributed by atoms with Gasteiger partial charge < -0.3 is 5.32 Å². The molecule has 1 amide bonds. The molecule has 0 saturated heterocycles. The van der Waals surface area contributed by atoms with E-state index in [1.165, 1.54) is 0 Å². The lowest BCUT2D eigenvalue weighted by Crippen LogP contribution is -2.37. The zero-order valence-electron chi connectivity index (χ0n) is 15.2. The van der Waals surface area contributed by atoms with Crippen molar-refractivity contribution in [2.45, 2.75) is 33.2 Å². The fourth-order valence-electron chi connectivity index (χ4n) is 3.14. The Labute approximate surface area is 155 Å². The van der Waals surface area contributed by atoms with Crippen LogP contribution in [0.15, 0.2) is 42.5 Å². The molecule has 0 bridgehead atoms. The first-order valence-electron chi connectivity index (χ1n) is 8.86. The van der Waals surface area contributed by atoms with Gasteiger partial charge in [-0.3, -0.25) is 4.79 Å². The molecule has 0 fully saturated rings. The topological polar surface area (TPSA) is 66.5 Å². The number of hydrogen-bond donors (Lipinski definition) is 1. The SMILES string of the molecule is CCCS(=O)(=O)N1CCc2ccc(NC(=O)c3ccc(C)cc3)cc2C1. The second kappa shape index (κ2) is 7.60. The molecule has 0 aliphatic carbocycles. The maximum atomic E-state index is 12.4. The van der Waals surface area contributed by atoms with Crippen molar-refractivity contribution < 1.29 is 13.2 Å². The Morgan fingerprint density at radius 3 is 2.54 bits per heavy atom. The second-order valence-corrected chi connectivity index (χ2v) is 8.79. The van der Waals surface area contributed by atoms with E-state index in [2.05, 4.69) is 5.32 Å². The Hall–Kier alpha value is -2.18. The summed E-state index contributed by atoms with van der Waals surface area (Å²) in [5.74, 6) is 0.00263. The standard InChI is InChI=1S/C20H24N2O3S/c1-3-12-26(24,25)22-11-10-16-8-9-19(13-18(16)14-22)21-20(23)17-6-4-15(2)5-7-17/h4-9,13H,3,10-12,14H2,1-2H3,(H,21,23). The van der Waals surface area contributed by atoms with Crippen LogP contribution >= 0.6 is 0 Å². The number of benzene rings is 2. The van der Waals surface area contributed by atoms with Gasteiger partial charge in [-0.15, -0.1) is 0 Å². The van der Waals surface area contributed by atoms with Crippen LogP contribution in [-0.2, 0) is 23.0 Å². The molecule has 26 heavy (non-hydrogen) atoms. The molecular weight excluding hydrogens is 348 g/mol. The number of fused-ring (bicyclic) bond motifs is 1. The molecule has 0 aromatic heterocycles. The Morgan fingerprint density at radius 2 is 1.85 bits per heavy atom. The van der Waals surface area contributed by atoms with Gasteiger partial charge in [0.15, 0.2) is 0 Å². The Kier molecular flexibility index (Phi) is 5.44. The Bertz CT molecular complexity index is 905. The van der Waals surface area contributed by atoms with Crippen molar-refractivity contribution in [3.63, 3.8) is 0 Å². The molecule has 3 rings (SSSR count). The summed E-state index contributed by atoms with van der Waals surface area (Å²) in [4.78, 5) is 12.4. The third kappa shape index (κ3) is 4.14. The van der Waals surface area contributed by atoms with Gasteiger partial charge in [-0.2, -0.15) is 4.31 Å². The van der Waals surface area contributed by atoms with Gasteiger partial charge in [0.2, 0.25) is 10.0 Å². The van der Waals surface area contributed by atoms with Crippen LogP contribution in [-0.4, -0.2) is 30.9 Å². The summed E-state index contributed by atoms with van der Waals surface area (Å²) in [6, 6.07) is 13.1. The minimum Gasteiger partial charge on any atom is -0.322 e. The van der Waals surface area contributed by atoms with Crippen LogP contribution < -0.4 is 5.32 Å². The van der Waals surface area contributed by atoms with E-state index in [1.807, 2.05) is 44.2 Å². The van der Waals surface area contributed by atoms with Gasteiger partial charge in [0.25, 0.3) is 5.91 Å². The molecule has 0 spiro atoms. The van der Waals surface area contributed by atoms with Crippen molar-refractivity contribution in [2.75, 3.05) is 17.6 Å². The first kappa shape index (κ1) is 18.6. The number of nitrogens with zero attached hydrogens (tertiary/aromatic N) is 1. The highest BCUT2D eigenvalue weighted by molar-refractivity contribution is 7.89. The molecule has 1 heterocycles. The summed E-state index contributed by atoms with van der Waals surface area (Å²) >= 11 is 0. The molecule has 0 radical (unpaired) electrons. The van der Waals surface area contributed by atoms with E-state index < -0.39 is 10.0 Å². The third-order valence-corrected chi connectivity index (χ3v) is 6.63. The van der Waals surface area contributed by atoms with Crippen molar-refractivity contribution in [2.24, 2.45) is 0 Å². The molecular formula is C20H24N2O3S. The maximum absolute atomic E-state index is 12.4. The number of amides is 1. The van der Waals surface area contributed by atoms with Crippen molar-refractivity contribution >= 4 is 21.6 Å². The molecule has 0 unspecified atom stereocenters. The number of aryl methyl sites for hydroxylation is 1. The summed E-state index contributed by atoms with van der Waals surface area (Å²) in [6.07, 6.45) is 1.31. The predicted molar refractivity (Wildman–Crippen MR) is 104 cm³/mol. The van der Waals surface area contributed by atoms with E-state index in [-0.39, 0.29) is 11.7 Å². The first-order valence-corrected chi connectivity index (χ1v) is 10.5. The van der Waals surface area contributed by atoms with E-state index in [9.17, 15) is 13.2 Å². The van der Waals surface area contributed by atoms with Crippen molar-refractivity contribution in [3.05, 3.63) is 64.7 Å². The molecule has 2 aromatic rings. The number of sulfonamides is 1. The third-order valence-electron chi connectivity index (χ3n) is 4.61. The van der Waals surface area contributed by atoms with Crippen molar-refractivity contribution in [3.8, 4) is 0 Å². The van der Waals surface area contributed by atoms with Gasteiger partial charge in [-0.05, 0) is 55.2 Å². The molecule has 1 aliphatic rings. The van der Waals surface area contributed by atoms with Gasteiger partial charge in [0.1, 0.15) is 0 Å². The van der Waals surface area contributed by atoms with Gasteiger partial charge in [-0.1, -0.05) is 30.7 Å². The molecule has 0 saturated carbocycles. The van der Waals surface area contributed by atoms with E-state index in [4.69, 9.17) is 0 Å². The highest BCUT2D eigenvalue weighted by Crippen LogP contribution is 2.25. The number of carbonyl (C=O) groups excluding carboxylic acids is 1. The Morgan fingerprint density at radius 1 is 1.12 bits per heavy atom. The molecule has 138 valence electrons. The molecule has 1 aliphatic heterocycles. The average Bonchev–Trinajstić information content (AvgIpc) is 2.61. The highest BCUT2D eigenvalue weighted by Gasteiger charge is 2.26. The van der Waals surface area contributed by atoms with Gasteiger partial charge >= 0.3 is 0 Å². The van der Waals surface area contributed by atoms with Gasteiger partial charge in [0, 0.05) is 24.3 Å². The minimum atomic E-state index is -3.21. The van der Waals surface area contributed by atoms with E-state index in [0.29, 0.717) is 37.2 Å². The quantitative estimate of drug-likeness (QED) is 0.875. The molecule has 0 atom stereocenters. The lowest BCUT2D eigenvalue weighted by atomic mass is 10.0. The molecule has 5 nitrogen and oxygen atoms in total. The summed E-state index contributed by atoms with van der Waals surface area (Å²) in [7, 11) is -3.21. The number of rotatable bonds is 5. The van der Waals surface area contributed by atoms with Crippen LogP contribution in [0.3, 0.4) is 0 Å². The summed E-state index contributed by atoms with van der Waals surface area (Å²) in [5.41, 5.74) is 4.48. The van der Waals surface area contributed by atoms with E-state index in [0.717, 1.165) is 16.7 Å². The van der Waals surface area contributed by atoms with Crippen LogP contribution in [0, 0.1) is 6.92 Å². The van der Waals surface area contributed by atoms with Crippen LogP contribution in [0.1, 0.15) is 40.4 Å². The maximum Gasteiger partial charge on any atom is 0.255 e. The molecule has 6 heteroatoms. The van der Waals surface area contributed by atoms with E-state index >= 15 is 0 Å². The smallest absolute Gasteiger partial charge is 0.255 e. The second-order valence-electron chi connectivity index (χ2n) is 6.70. The predicted octanol–water partition coefficient (Wildman–Crippen LogP) is 3.35. The zero-order chi connectivity index (χ0) is 18.7. The van der Waals surface area contributed by atoms with Crippen LogP contribution in [0.4, 0.5) is 5.69 Å². The number of carbonyl (C=O) groups is 1. The van der Waals surface area contributed by atoms with Gasteiger partial charge in [0.05, 0.1) is 5.75 Å². The fourth-order valence-corrected chi connectivity index (χ4v) is 4.62. The number of hydrogen-bond acceptors (Lipinski definition) is 3. The number of anilines is 1. The normalized spacial score (nSPS) is 14.7.